The average molecular weight is 1040 g/mol. The van der Waals surface area contributed by atoms with E-state index in [2.05, 4.69) is 63.9 Å². The van der Waals surface area contributed by atoms with Crippen molar-refractivity contribution in [3.05, 3.63) is 155 Å². The predicted molar refractivity (Wildman–Crippen MR) is 271 cm³/mol. The maximum atomic E-state index is 13.1. The third kappa shape index (κ3) is 16.0. The molecule has 1 saturated heterocycles. The van der Waals surface area contributed by atoms with E-state index >= 15 is 0 Å². The first-order valence-corrected chi connectivity index (χ1v) is 25.6. The molecule has 0 bridgehead atoms. The van der Waals surface area contributed by atoms with Crippen molar-refractivity contribution in [1.82, 2.24) is 4.83 Å². The highest BCUT2D eigenvalue weighted by Crippen LogP contribution is 2.32. The van der Waals surface area contributed by atoms with E-state index in [-0.39, 0.29) is 23.5 Å². The van der Waals surface area contributed by atoms with Crippen LogP contribution in [0.15, 0.2) is 132 Å². The van der Waals surface area contributed by atoms with Gasteiger partial charge in [-0.2, -0.15) is 13.5 Å². The largest absolute Gasteiger partial charge is 0.494 e. The van der Waals surface area contributed by atoms with Gasteiger partial charge in [-0.15, -0.1) is 0 Å². The molecule has 6 rings (SSSR count). The monoisotopic (exact) mass is 1040 g/mol. The van der Waals surface area contributed by atoms with Gasteiger partial charge in [-0.1, -0.05) is 96.3 Å². The van der Waals surface area contributed by atoms with E-state index in [1.54, 1.807) is 24.3 Å². The molecular weight excluding hydrogens is 980 g/mol. The molecule has 13 heteroatoms. The topological polar surface area (TPSA) is 131 Å². The van der Waals surface area contributed by atoms with Gasteiger partial charge in [0.05, 0.1) is 50.8 Å². The fourth-order valence-electron chi connectivity index (χ4n) is 6.92. The van der Waals surface area contributed by atoms with E-state index in [4.69, 9.17) is 28.4 Å². The third-order valence-electron chi connectivity index (χ3n) is 11.2. The number of hydrazone groups is 1. The zero-order chi connectivity index (χ0) is 47.3. The number of esters is 1. The van der Waals surface area contributed by atoms with Gasteiger partial charge in [0.2, 0.25) is 0 Å². The number of alkyl halides is 1. The second-order valence-corrected chi connectivity index (χ2v) is 18.8. The molecule has 1 aliphatic heterocycles. The van der Waals surface area contributed by atoms with Gasteiger partial charge in [0, 0.05) is 45.6 Å². The van der Waals surface area contributed by atoms with Gasteiger partial charge in [0.1, 0.15) is 23.9 Å². The van der Waals surface area contributed by atoms with Gasteiger partial charge >= 0.3 is 5.97 Å². The smallest absolute Gasteiger partial charge is 0.330 e. The fourth-order valence-corrected chi connectivity index (χ4v) is 8.34. The van der Waals surface area contributed by atoms with Gasteiger partial charge in [-0.3, -0.25) is 0 Å². The van der Waals surface area contributed by atoms with Crippen LogP contribution in [0.3, 0.4) is 0 Å². The number of halogens is 1. The summed E-state index contributed by atoms with van der Waals surface area (Å²) in [5, 5.41) is 4.17. The maximum Gasteiger partial charge on any atom is 0.330 e. The number of sulfonamides is 1. The highest BCUT2D eigenvalue weighted by molar-refractivity contribution is 14.1. The normalized spacial score (nSPS) is 12.9. The van der Waals surface area contributed by atoms with Crippen molar-refractivity contribution in [3.63, 3.8) is 0 Å². The number of hydrogen-bond acceptors (Lipinski definition) is 10. The first kappa shape index (κ1) is 50.7. The van der Waals surface area contributed by atoms with Crippen LogP contribution in [-0.4, -0.2) is 66.8 Å². The number of ether oxygens (including phenoxy) is 6. The molecule has 0 atom stereocenters. The summed E-state index contributed by atoms with van der Waals surface area (Å²) in [6.07, 6.45) is 8.50. The molecule has 352 valence electrons. The van der Waals surface area contributed by atoms with Crippen LogP contribution in [0.4, 0.5) is 0 Å². The molecule has 0 unspecified atom stereocenters. The molecule has 11 nitrogen and oxygen atoms in total. The van der Waals surface area contributed by atoms with E-state index in [1.165, 1.54) is 6.21 Å². The molecule has 5 aromatic carbocycles. The Kier molecular flexibility index (Phi) is 19.7. The summed E-state index contributed by atoms with van der Waals surface area (Å²) in [5.74, 6) is 8.19. The van der Waals surface area contributed by atoms with Crippen molar-refractivity contribution in [3.8, 4) is 40.2 Å². The molecule has 0 amide bonds. The fraction of sp³-hybridized carbons (Fsp3) is 0.333. The summed E-state index contributed by atoms with van der Waals surface area (Å²) in [4.78, 5) is 13.7. The van der Waals surface area contributed by atoms with Gasteiger partial charge in [-0.05, 0) is 128 Å². The number of nitrogens with zero attached hydrogens (tertiary/aromatic N) is 1. The van der Waals surface area contributed by atoms with Gasteiger partial charge in [-0.25, -0.2) is 9.63 Å². The highest BCUT2D eigenvalue weighted by Gasteiger charge is 2.36. The van der Waals surface area contributed by atoms with E-state index in [0.717, 1.165) is 114 Å². The Labute approximate surface area is 409 Å². The molecule has 67 heavy (non-hydrogen) atoms. The molecule has 1 fully saturated rings. The van der Waals surface area contributed by atoms with Crippen LogP contribution in [0.2, 0.25) is 0 Å². The molecule has 1 N–H and O–H groups in total. The number of hydrogen-bond donors (Lipinski definition) is 1. The molecule has 0 radical (unpaired) electrons. The van der Waals surface area contributed by atoms with E-state index < -0.39 is 16.0 Å². The average Bonchev–Trinajstić information content (AvgIpc) is 3.33. The van der Waals surface area contributed by atoms with Crippen molar-refractivity contribution in [2.75, 3.05) is 46.2 Å². The van der Waals surface area contributed by atoms with Crippen LogP contribution in [-0.2, 0) is 40.1 Å². The predicted octanol–water partition coefficient (Wildman–Crippen LogP) is 10.8. The Morgan fingerprint density at radius 1 is 0.806 bits per heavy atom. The molecule has 0 spiro atoms. The SMILES string of the molecule is C=CC(=O)OCCCOc1ccc(C#Cc2ccc(-c3ccc(OCc4ccc(OCCCCCCOCC5(CC)COC5)cc4)c(/C=N/NS(=O)(=O)c4ccc(C)cc4)c3)cc2CI)cc1. The first-order valence-electron chi connectivity index (χ1n) is 22.6. The third-order valence-corrected chi connectivity index (χ3v) is 13.3. The number of aryl methyl sites for hydroxylation is 1. The van der Waals surface area contributed by atoms with Crippen molar-refractivity contribution < 1.29 is 41.6 Å². The lowest BCUT2D eigenvalue weighted by Gasteiger charge is -2.40. The standard InChI is InChI=1S/C54H59IN2O9S/c1-4-53(58)65-32-10-31-64-49-22-14-42(15-23-49)13-18-44-19-20-45(33-47(44)35-55)46-21-28-52(48(34-46)36-56-57-67(59,60)51-26-11-41(3)12-27-51)66-37-43-16-24-50(25-17-43)63-30-9-7-6-8-29-61-38-54(5-2)39-62-40-54/h4,11-12,14-17,19-28,33-34,36,57H,1,5-10,29-32,35,37-40H2,2-3H3/b56-36+. The van der Waals surface area contributed by atoms with Gasteiger partial charge < -0.3 is 28.4 Å². The summed E-state index contributed by atoms with van der Waals surface area (Å²) in [7, 11) is -3.90. The van der Waals surface area contributed by atoms with Gasteiger partial charge in [0.25, 0.3) is 10.0 Å². The number of unbranched alkanes of at least 4 members (excludes halogenated alkanes) is 3. The van der Waals surface area contributed by atoms with Crippen LogP contribution in [0, 0.1) is 24.2 Å². The molecule has 0 aliphatic carbocycles. The quantitative estimate of drug-likeness (QED) is 0.00841. The van der Waals surface area contributed by atoms with Gasteiger partial charge in [0.15, 0.2) is 0 Å². The number of carbonyl (C=O) groups is 1. The van der Waals surface area contributed by atoms with Crippen LogP contribution in [0.5, 0.6) is 17.2 Å². The minimum Gasteiger partial charge on any atom is -0.494 e. The second kappa shape index (κ2) is 26.0. The van der Waals surface area contributed by atoms with Crippen LogP contribution < -0.4 is 19.0 Å². The second-order valence-electron chi connectivity index (χ2n) is 16.4. The Morgan fingerprint density at radius 2 is 1.48 bits per heavy atom. The molecule has 0 aromatic heterocycles. The summed E-state index contributed by atoms with van der Waals surface area (Å²) in [6.45, 7) is 12.3. The van der Waals surface area contributed by atoms with E-state index in [0.29, 0.717) is 36.7 Å². The number of carbonyl (C=O) groups excluding carboxylic acids is 1. The molecule has 0 saturated carbocycles. The van der Waals surface area contributed by atoms with Crippen LogP contribution in [0.1, 0.15) is 78.8 Å². The number of rotatable bonds is 26. The molecule has 1 aliphatic rings. The lowest BCUT2D eigenvalue weighted by molar-refractivity contribution is -0.150. The summed E-state index contributed by atoms with van der Waals surface area (Å²) >= 11 is 2.34. The molecule has 5 aromatic rings. The minimum absolute atomic E-state index is 0.118. The van der Waals surface area contributed by atoms with Crippen LogP contribution >= 0.6 is 22.6 Å². The van der Waals surface area contributed by atoms with E-state index in [1.807, 2.05) is 85.8 Å². The van der Waals surface area contributed by atoms with Crippen molar-refractivity contribution >= 4 is 44.8 Å². The molecule has 1 heterocycles. The Balaban J connectivity index is 1.06. The Morgan fingerprint density at radius 3 is 2.15 bits per heavy atom. The maximum absolute atomic E-state index is 13.1. The highest BCUT2D eigenvalue weighted by atomic mass is 127. The summed E-state index contributed by atoms with van der Waals surface area (Å²) < 4.78 is 61.3. The summed E-state index contributed by atoms with van der Waals surface area (Å²) in [5.41, 5.74) is 7.42. The lowest BCUT2D eigenvalue weighted by atomic mass is 9.84. The van der Waals surface area contributed by atoms with Crippen molar-refractivity contribution in [1.29, 1.82) is 0 Å². The van der Waals surface area contributed by atoms with Crippen LogP contribution in [0.25, 0.3) is 11.1 Å². The number of nitrogens with one attached hydrogen (secondary N) is 1. The zero-order valence-corrected chi connectivity index (χ0v) is 41.2. The molecular formula is C54H59IN2O9S. The van der Waals surface area contributed by atoms with Crippen molar-refractivity contribution in [2.24, 2.45) is 10.5 Å². The Hall–Kier alpha value is -5.66. The number of benzene rings is 5. The Bertz CT molecular complexity index is 2580. The minimum atomic E-state index is -3.90. The lowest BCUT2D eigenvalue weighted by Crippen LogP contribution is -2.45. The van der Waals surface area contributed by atoms with E-state index in [9.17, 15) is 13.2 Å². The summed E-state index contributed by atoms with van der Waals surface area (Å²) in [6, 6.07) is 34.0. The van der Waals surface area contributed by atoms with Crippen molar-refractivity contribution in [2.45, 2.75) is 68.3 Å². The first-order chi connectivity index (χ1) is 32.6. The zero-order valence-electron chi connectivity index (χ0n) is 38.3.